The monoisotopic (exact) mass is 544 g/mol. The van der Waals surface area contributed by atoms with Gasteiger partial charge in [0.25, 0.3) is 0 Å². The van der Waals surface area contributed by atoms with Crippen LogP contribution >= 0.6 is 0 Å². The molecule has 3 aromatic carbocycles. The lowest BCUT2D eigenvalue weighted by Crippen LogP contribution is -2.69. The highest BCUT2D eigenvalue weighted by Crippen LogP contribution is 2.62. The minimum Gasteiger partial charge on any atom is -0.487 e. The lowest BCUT2D eigenvalue weighted by molar-refractivity contribution is -0.0822. The molecule has 2 aliphatic heterocycles. The van der Waals surface area contributed by atoms with Crippen molar-refractivity contribution in [3.8, 4) is 5.75 Å². The van der Waals surface area contributed by atoms with Crippen LogP contribution in [0.15, 0.2) is 78.9 Å². The molecule has 2 bridgehead atoms. The number of piperidine rings is 1. The van der Waals surface area contributed by atoms with Crippen LogP contribution in [0.2, 0.25) is 0 Å². The fraction of sp³-hybridized carbons (Fsp3) is 0.438. The molecule has 0 aromatic heterocycles. The van der Waals surface area contributed by atoms with E-state index in [1.54, 1.807) is 11.4 Å². The first-order valence-corrected chi connectivity index (χ1v) is 15.7. The van der Waals surface area contributed by atoms with Crippen LogP contribution in [0.3, 0.4) is 0 Å². The highest BCUT2D eigenvalue weighted by Gasteiger charge is 2.66. The zero-order valence-corrected chi connectivity index (χ0v) is 23.1. The second-order valence-electron chi connectivity index (χ2n) is 11.8. The Morgan fingerprint density at radius 2 is 1.77 bits per heavy atom. The molecular formula is C32H36N2O4S. The third kappa shape index (κ3) is 3.97. The van der Waals surface area contributed by atoms with Gasteiger partial charge in [-0.25, -0.2) is 8.42 Å². The Kier molecular flexibility index (Phi) is 6.12. The maximum absolute atomic E-state index is 13.6. The van der Waals surface area contributed by atoms with E-state index in [-0.39, 0.29) is 23.3 Å². The first-order chi connectivity index (χ1) is 18.9. The highest BCUT2D eigenvalue weighted by atomic mass is 32.2. The van der Waals surface area contributed by atoms with E-state index in [4.69, 9.17) is 4.74 Å². The van der Waals surface area contributed by atoms with E-state index in [1.165, 1.54) is 11.1 Å². The van der Waals surface area contributed by atoms with Crippen molar-refractivity contribution < 1.29 is 18.3 Å². The number of rotatable bonds is 7. The topological polar surface area (TPSA) is 70.1 Å². The molecule has 4 aliphatic rings. The number of sulfonamides is 1. The number of hydrogen-bond donors (Lipinski definition) is 1. The second kappa shape index (κ2) is 9.44. The van der Waals surface area contributed by atoms with E-state index in [1.807, 2.05) is 60.7 Å². The molecule has 6 nitrogen and oxygen atoms in total. The van der Waals surface area contributed by atoms with Gasteiger partial charge in [-0.2, -0.15) is 4.31 Å². The van der Waals surface area contributed by atoms with Crippen LogP contribution in [0.5, 0.6) is 5.75 Å². The summed E-state index contributed by atoms with van der Waals surface area (Å²) < 4.78 is 35.7. The Morgan fingerprint density at radius 3 is 2.54 bits per heavy atom. The fourth-order valence-electron chi connectivity index (χ4n) is 8.26. The van der Waals surface area contributed by atoms with E-state index in [0.717, 1.165) is 49.1 Å². The van der Waals surface area contributed by atoms with Crippen LogP contribution in [-0.4, -0.2) is 61.1 Å². The maximum Gasteiger partial charge on any atom is 0.218 e. The van der Waals surface area contributed by atoms with E-state index in [0.29, 0.717) is 18.5 Å². The Morgan fingerprint density at radius 1 is 1.03 bits per heavy atom. The summed E-state index contributed by atoms with van der Waals surface area (Å²) in [6, 6.07) is 25.8. The standard InChI is InChI=1S/C32H36N2O4S/c1-33(39(36,37)21-22-9-4-2-5-10-22)26-16-15-25-27-19-24-13-8-14-29-30(24)32(25,31(26)38-29)17-18-34(27)20-28(35)23-11-6-3-7-12-23/h2-14,25-28,31,35H,15-21H2,1H3/t25-,26+,27+,28?,31-,32-/m0/s1. The van der Waals surface area contributed by atoms with E-state index < -0.39 is 16.1 Å². The number of ether oxygens (including phenoxy) is 1. The van der Waals surface area contributed by atoms with Crippen molar-refractivity contribution in [3.63, 3.8) is 0 Å². The molecule has 7 rings (SSSR count). The molecule has 204 valence electrons. The number of likely N-dealkylation sites (tertiary alicyclic amines) is 1. The van der Waals surface area contributed by atoms with Gasteiger partial charge < -0.3 is 9.84 Å². The lowest BCUT2D eigenvalue weighted by Gasteiger charge is -2.60. The molecule has 2 fully saturated rings. The van der Waals surface area contributed by atoms with Crippen molar-refractivity contribution in [2.75, 3.05) is 20.1 Å². The van der Waals surface area contributed by atoms with Crippen molar-refractivity contribution in [2.24, 2.45) is 5.92 Å². The molecule has 1 unspecified atom stereocenters. The first kappa shape index (κ1) is 25.3. The number of aliphatic hydroxyl groups is 1. The quantitative estimate of drug-likeness (QED) is 0.481. The molecule has 39 heavy (non-hydrogen) atoms. The molecule has 7 heteroatoms. The molecule has 3 aromatic rings. The van der Waals surface area contributed by atoms with Gasteiger partial charge in [0.2, 0.25) is 10.0 Å². The number of hydrogen-bond acceptors (Lipinski definition) is 5. The molecule has 6 atom stereocenters. The summed E-state index contributed by atoms with van der Waals surface area (Å²) in [7, 11) is -1.78. The highest BCUT2D eigenvalue weighted by molar-refractivity contribution is 7.88. The van der Waals surface area contributed by atoms with Gasteiger partial charge in [-0.15, -0.1) is 0 Å². The third-order valence-electron chi connectivity index (χ3n) is 9.99. The number of nitrogens with zero attached hydrogens (tertiary/aromatic N) is 2. The zero-order chi connectivity index (χ0) is 26.8. The molecule has 0 radical (unpaired) electrons. The molecule has 1 spiro atoms. The van der Waals surface area contributed by atoms with Crippen LogP contribution in [-0.2, 0) is 27.6 Å². The molecule has 0 amide bonds. The predicted molar refractivity (Wildman–Crippen MR) is 151 cm³/mol. The predicted octanol–water partition coefficient (Wildman–Crippen LogP) is 4.29. The van der Waals surface area contributed by atoms with Gasteiger partial charge in [0.05, 0.1) is 17.9 Å². The van der Waals surface area contributed by atoms with Crippen molar-refractivity contribution >= 4 is 10.0 Å². The van der Waals surface area contributed by atoms with Crippen molar-refractivity contribution in [2.45, 2.75) is 61.1 Å². The van der Waals surface area contributed by atoms with Gasteiger partial charge in [0.1, 0.15) is 11.9 Å². The van der Waals surface area contributed by atoms with Crippen LogP contribution in [0.4, 0.5) is 0 Å². The summed E-state index contributed by atoms with van der Waals surface area (Å²) in [5.74, 6) is 1.31. The summed E-state index contributed by atoms with van der Waals surface area (Å²) >= 11 is 0. The van der Waals surface area contributed by atoms with Crippen LogP contribution < -0.4 is 4.74 Å². The average Bonchev–Trinajstić information content (AvgIpc) is 3.29. The first-order valence-electron chi connectivity index (χ1n) is 14.1. The Bertz CT molecular complexity index is 1460. The number of likely N-dealkylation sites (N-methyl/N-ethyl adjacent to an activating group) is 1. The Balaban J connectivity index is 1.21. The molecule has 2 heterocycles. The van der Waals surface area contributed by atoms with Gasteiger partial charge >= 0.3 is 0 Å². The number of benzene rings is 3. The average molecular weight is 545 g/mol. The largest absolute Gasteiger partial charge is 0.487 e. The number of β-amino-alcohol motifs (C(OH)–C–C–N with tert-alkyl or cyclic N) is 1. The summed E-state index contributed by atoms with van der Waals surface area (Å²) in [6.07, 6.45) is 2.84. The Labute approximate surface area is 231 Å². The van der Waals surface area contributed by atoms with Crippen molar-refractivity contribution in [1.29, 1.82) is 0 Å². The van der Waals surface area contributed by atoms with E-state index >= 15 is 0 Å². The second-order valence-corrected chi connectivity index (χ2v) is 13.8. The van der Waals surface area contributed by atoms with Gasteiger partial charge in [0.15, 0.2) is 0 Å². The smallest absolute Gasteiger partial charge is 0.218 e. The van der Waals surface area contributed by atoms with Crippen molar-refractivity contribution in [3.05, 3.63) is 101 Å². The third-order valence-corrected chi connectivity index (χ3v) is 11.8. The lowest BCUT2D eigenvalue weighted by atomic mass is 9.51. The van der Waals surface area contributed by atoms with E-state index in [9.17, 15) is 13.5 Å². The molecule has 1 N–H and O–H groups in total. The summed E-state index contributed by atoms with van der Waals surface area (Å²) in [5.41, 5.74) is 4.22. The molecule has 1 saturated heterocycles. The summed E-state index contributed by atoms with van der Waals surface area (Å²) in [4.78, 5) is 2.49. The van der Waals surface area contributed by atoms with Gasteiger partial charge in [-0.3, -0.25) is 4.90 Å². The van der Waals surface area contributed by atoms with Crippen LogP contribution in [0, 0.1) is 5.92 Å². The molecule has 2 aliphatic carbocycles. The van der Waals surface area contributed by atoms with Gasteiger partial charge in [0, 0.05) is 30.6 Å². The molecular weight excluding hydrogens is 508 g/mol. The SMILES string of the molecule is CN([C@@H]1CC[C@H]2[C@H]3Cc4cccc5c4[C@@]2(CCN3CC(O)c2ccccc2)[C@H]1O5)S(=O)(=O)Cc1ccccc1. The van der Waals surface area contributed by atoms with Gasteiger partial charge in [-0.1, -0.05) is 72.8 Å². The fourth-order valence-corrected chi connectivity index (χ4v) is 9.71. The maximum atomic E-state index is 13.6. The Hall–Kier alpha value is -2.71. The summed E-state index contributed by atoms with van der Waals surface area (Å²) in [6.45, 7) is 1.47. The van der Waals surface area contributed by atoms with E-state index in [2.05, 4.69) is 23.1 Å². The van der Waals surface area contributed by atoms with Crippen molar-refractivity contribution in [1.82, 2.24) is 9.21 Å². The van der Waals surface area contributed by atoms with Crippen LogP contribution in [0.1, 0.15) is 47.6 Å². The molecule has 1 saturated carbocycles. The normalized spacial score (nSPS) is 30.0. The number of aliphatic hydroxyl groups excluding tert-OH is 1. The zero-order valence-electron chi connectivity index (χ0n) is 22.3. The minimum absolute atomic E-state index is 0.00400. The van der Waals surface area contributed by atoms with Crippen LogP contribution in [0.25, 0.3) is 0 Å². The minimum atomic E-state index is -3.53. The van der Waals surface area contributed by atoms with Gasteiger partial charge in [-0.05, 0) is 60.9 Å². The summed E-state index contributed by atoms with van der Waals surface area (Å²) in [5, 5.41) is 11.1.